The Bertz CT molecular complexity index is 607. The molecule has 3 aliphatic rings. The highest BCUT2D eigenvalue weighted by molar-refractivity contribution is 6.31. The van der Waals surface area contributed by atoms with Crippen LogP contribution >= 0.6 is 11.6 Å². The van der Waals surface area contributed by atoms with Crippen LogP contribution in [0.2, 0.25) is 0 Å². The van der Waals surface area contributed by atoms with Crippen molar-refractivity contribution in [3.05, 3.63) is 59.1 Å². The van der Waals surface area contributed by atoms with Crippen LogP contribution in [0.4, 0.5) is 0 Å². The molecule has 0 radical (unpaired) electrons. The first-order valence-electron chi connectivity index (χ1n) is 6.50. The second-order valence-electron chi connectivity index (χ2n) is 4.99. The van der Waals surface area contributed by atoms with E-state index in [1.807, 2.05) is 12.2 Å². The molecule has 1 heterocycles. The van der Waals surface area contributed by atoms with Crippen molar-refractivity contribution in [3.63, 3.8) is 0 Å². The Balaban J connectivity index is 2.04. The van der Waals surface area contributed by atoms with E-state index in [-0.39, 0.29) is 11.8 Å². The minimum atomic E-state index is 0.238. The summed E-state index contributed by atoms with van der Waals surface area (Å²) >= 11 is 6.24. The fourth-order valence-corrected chi connectivity index (χ4v) is 3.18. The Morgan fingerprint density at radius 3 is 3.11 bits per heavy atom. The van der Waals surface area contributed by atoms with Crippen molar-refractivity contribution in [1.82, 2.24) is 0 Å². The summed E-state index contributed by atoms with van der Waals surface area (Å²) in [5.74, 6) is 8.80. The molecule has 1 aliphatic heterocycles. The quantitative estimate of drug-likeness (QED) is 0.680. The lowest BCUT2D eigenvalue weighted by atomic mass is 9.77. The van der Waals surface area contributed by atoms with Gasteiger partial charge in [-0.1, -0.05) is 49.1 Å². The normalized spacial score (nSPS) is 31.8. The molecule has 96 valence electrons. The lowest BCUT2D eigenvalue weighted by molar-refractivity contribution is 0.314. The molecule has 1 nitrogen and oxygen atoms in total. The van der Waals surface area contributed by atoms with Crippen LogP contribution in [0.25, 0.3) is 0 Å². The second-order valence-corrected chi connectivity index (χ2v) is 5.40. The summed E-state index contributed by atoms with van der Waals surface area (Å²) in [6.07, 6.45) is 10.8. The van der Waals surface area contributed by atoms with E-state index in [9.17, 15) is 0 Å². The molecule has 3 rings (SSSR count). The zero-order valence-electron chi connectivity index (χ0n) is 10.8. The number of allylic oxidation sites excluding steroid dienone is 7. The van der Waals surface area contributed by atoms with Gasteiger partial charge in [0.2, 0.25) is 0 Å². The second kappa shape index (κ2) is 4.79. The fraction of sp³-hybridized carbons (Fsp3) is 0.294. The Kier molecular flexibility index (Phi) is 3.12. The van der Waals surface area contributed by atoms with Gasteiger partial charge in [0, 0.05) is 17.8 Å². The minimum absolute atomic E-state index is 0.238. The maximum Gasteiger partial charge on any atom is 0.130 e. The van der Waals surface area contributed by atoms with E-state index in [0.717, 1.165) is 17.9 Å². The van der Waals surface area contributed by atoms with Gasteiger partial charge in [0.15, 0.2) is 0 Å². The molecular weight excluding hydrogens is 256 g/mol. The Morgan fingerprint density at radius 1 is 1.53 bits per heavy atom. The van der Waals surface area contributed by atoms with Gasteiger partial charge in [0.1, 0.15) is 11.5 Å². The summed E-state index contributed by atoms with van der Waals surface area (Å²) in [5.41, 5.74) is 1.27. The molecule has 0 amide bonds. The summed E-state index contributed by atoms with van der Waals surface area (Å²) in [7, 11) is 0. The van der Waals surface area contributed by atoms with Gasteiger partial charge in [0.25, 0.3) is 0 Å². The van der Waals surface area contributed by atoms with Crippen LogP contribution in [0.5, 0.6) is 0 Å². The highest BCUT2D eigenvalue weighted by Crippen LogP contribution is 2.47. The van der Waals surface area contributed by atoms with E-state index in [4.69, 9.17) is 16.3 Å². The number of ether oxygens (including phenoxy) is 1. The van der Waals surface area contributed by atoms with Gasteiger partial charge in [-0.2, -0.15) is 0 Å². The van der Waals surface area contributed by atoms with Crippen molar-refractivity contribution in [2.45, 2.75) is 13.3 Å². The van der Waals surface area contributed by atoms with Crippen LogP contribution in [0.3, 0.4) is 0 Å². The average Bonchev–Trinajstić information content (AvgIpc) is 2.79. The van der Waals surface area contributed by atoms with E-state index in [0.29, 0.717) is 11.0 Å². The molecular formula is C17H15ClO. The molecule has 0 spiro atoms. The van der Waals surface area contributed by atoms with E-state index < -0.39 is 0 Å². The Labute approximate surface area is 119 Å². The highest BCUT2D eigenvalue weighted by Gasteiger charge is 2.38. The maximum atomic E-state index is 6.24. The summed E-state index contributed by atoms with van der Waals surface area (Å²) in [6, 6.07) is 0. The average molecular weight is 271 g/mol. The van der Waals surface area contributed by atoms with Crippen LogP contribution in [-0.2, 0) is 4.74 Å². The molecule has 0 saturated heterocycles. The third-order valence-corrected chi connectivity index (χ3v) is 4.16. The number of halogens is 1. The van der Waals surface area contributed by atoms with E-state index in [2.05, 4.69) is 37.5 Å². The molecule has 2 heteroatoms. The van der Waals surface area contributed by atoms with Gasteiger partial charge in [0.05, 0.1) is 5.03 Å². The van der Waals surface area contributed by atoms with E-state index >= 15 is 0 Å². The van der Waals surface area contributed by atoms with Crippen LogP contribution in [0, 0.1) is 29.6 Å². The summed E-state index contributed by atoms with van der Waals surface area (Å²) < 4.78 is 5.92. The Morgan fingerprint density at radius 2 is 2.37 bits per heavy atom. The molecule has 0 saturated carbocycles. The Hall–Kier alpha value is -1.65. The van der Waals surface area contributed by atoms with Crippen molar-refractivity contribution in [1.29, 1.82) is 0 Å². The van der Waals surface area contributed by atoms with Gasteiger partial charge in [-0.15, -0.1) is 0 Å². The van der Waals surface area contributed by atoms with Gasteiger partial charge < -0.3 is 4.74 Å². The largest absolute Gasteiger partial charge is 0.460 e. The standard InChI is InChI=1S/C17H15ClO/c1-3-15-16(12-8-5-4-7-11(12)2)13-9-6-10-14(18)17(13)19-15/h3,5-6,8,10-13H,1,9H2,2H3. The fourth-order valence-electron chi connectivity index (χ4n) is 2.92. The van der Waals surface area contributed by atoms with Crippen LogP contribution in [0.1, 0.15) is 13.3 Å². The molecule has 0 fully saturated rings. The highest BCUT2D eigenvalue weighted by atomic mass is 35.5. The first-order valence-corrected chi connectivity index (χ1v) is 6.88. The van der Waals surface area contributed by atoms with Crippen molar-refractivity contribution in [3.8, 4) is 11.8 Å². The molecule has 0 aromatic carbocycles. The zero-order valence-corrected chi connectivity index (χ0v) is 11.6. The topological polar surface area (TPSA) is 9.23 Å². The molecule has 0 aromatic heterocycles. The van der Waals surface area contributed by atoms with Gasteiger partial charge in [-0.05, 0) is 30.2 Å². The molecule has 2 aliphatic carbocycles. The summed E-state index contributed by atoms with van der Waals surface area (Å²) in [4.78, 5) is 0. The molecule has 3 unspecified atom stereocenters. The molecule has 0 bridgehead atoms. The summed E-state index contributed by atoms with van der Waals surface area (Å²) in [6.45, 7) is 6.02. The smallest absolute Gasteiger partial charge is 0.130 e. The van der Waals surface area contributed by atoms with Crippen molar-refractivity contribution >= 4 is 11.6 Å². The minimum Gasteiger partial charge on any atom is -0.460 e. The SMILES string of the molecule is C=CC1=C(C2C=CC#CC2C)C2CC=CC(Cl)=C2O1. The lowest BCUT2D eigenvalue weighted by Gasteiger charge is -2.24. The molecule has 0 aromatic rings. The zero-order chi connectivity index (χ0) is 13.4. The third-order valence-electron chi connectivity index (χ3n) is 3.85. The van der Waals surface area contributed by atoms with E-state index in [1.165, 1.54) is 5.57 Å². The maximum absolute atomic E-state index is 6.24. The third kappa shape index (κ3) is 1.97. The van der Waals surface area contributed by atoms with Crippen molar-refractivity contribution in [2.75, 3.05) is 0 Å². The first-order chi connectivity index (χ1) is 9.22. The number of hydrogen-bond acceptors (Lipinski definition) is 1. The number of hydrogen-bond donors (Lipinski definition) is 0. The van der Waals surface area contributed by atoms with E-state index in [1.54, 1.807) is 6.08 Å². The van der Waals surface area contributed by atoms with Gasteiger partial charge in [-0.25, -0.2) is 0 Å². The van der Waals surface area contributed by atoms with Crippen molar-refractivity contribution in [2.24, 2.45) is 17.8 Å². The number of rotatable bonds is 2. The van der Waals surface area contributed by atoms with Crippen LogP contribution in [0.15, 0.2) is 59.1 Å². The molecule has 0 N–H and O–H groups in total. The van der Waals surface area contributed by atoms with Crippen molar-refractivity contribution < 1.29 is 4.74 Å². The molecule has 19 heavy (non-hydrogen) atoms. The predicted octanol–water partition coefficient (Wildman–Crippen LogP) is 4.31. The van der Waals surface area contributed by atoms with Gasteiger partial charge >= 0.3 is 0 Å². The first kappa shape index (κ1) is 12.4. The predicted molar refractivity (Wildman–Crippen MR) is 78.0 cm³/mol. The number of fused-ring (bicyclic) bond motifs is 1. The lowest BCUT2D eigenvalue weighted by Crippen LogP contribution is -2.18. The van der Waals surface area contributed by atoms with Gasteiger partial charge in [-0.3, -0.25) is 0 Å². The molecule has 3 atom stereocenters. The monoisotopic (exact) mass is 270 g/mol. The van der Waals surface area contributed by atoms with Crippen LogP contribution < -0.4 is 0 Å². The van der Waals surface area contributed by atoms with Crippen LogP contribution in [-0.4, -0.2) is 0 Å². The summed E-state index contributed by atoms with van der Waals surface area (Å²) in [5, 5.41) is 0.698.